The topological polar surface area (TPSA) is 67.3 Å². The van der Waals surface area contributed by atoms with E-state index in [0.717, 1.165) is 47.8 Å². The molecule has 0 unspecified atom stereocenters. The van der Waals surface area contributed by atoms with Gasteiger partial charge in [-0.15, -0.1) is 0 Å². The SMILES string of the molecule is CN(C)c1nc2ccccc2cc1CN1CCO[C@@H](c2ccc(-c3cncnc3)cn2)C1. The Morgan fingerprint density at radius 2 is 1.88 bits per heavy atom. The summed E-state index contributed by atoms with van der Waals surface area (Å²) >= 11 is 0. The monoisotopic (exact) mass is 426 g/mol. The first kappa shape index (κ1) is 20.5. The van der Waals surface area contributed by atoms with Crippen LogP contribution in [0.5, 0.6) is 0 Å². The standard InChI is InChI=1S/C25H26N6O/c1-30(2)25-20(11-18-5-3-4-6-22(18)29-25)15-31-9-10-32-24(16-31)23-8-7-19(14-28-23)21-12-26-17-27-13-21/h3-8,11-14,17,24H,9-10,15-16H2,1-2H3/t24-/m1/s1. The molecule has 0 amide bonds. The molecule has 0 saturated carbocycles. The molecule has 4 aromatic rings. The minimum Gasteiger partial charge on any atom is -0.369 e. The third kappa shape index (κ3) is 4.30. The first-order valence-corrected chi connectivity index (χ1v) is 10.8. The van der Waals surface area contributed by atoms with Crippen LogP contribution in [-0.2, 0) is 11.3 Å². The Morgan fingerprint density at radius 1 is 1.03 bits per heavy atom. The average Bonchev–Trinajstić information content (AvgIpc) is 2.84. The second-order valence-electron chi connectivity index (χ2n) is 8.25. The van der Waals surface area contributed by atoms with Crippen LogP contribution in [0.2, 0.25) is 0 Å². The highest BCUT2D eigenvalue weighted by molar-refractivity contribution is 5.81. The molecule has 0 radical (unpaired) electrons. The van der Waals surface area contributed by atoms with E-state index in [4.69, 9.17) is 9.72 Å². The van der Waals surface area contributed by atoms with E-state index in [1.54, 1.807) is 12.4 Å². The fourth-order valence-corrected chi connectivity index (χ4v) is 4.13. The van der Waals surface area contributed by atoms with Gasteiger partial charge in [0.1, 0.15) is 18.2 Å². The molecule has 1 atom stereocenters. The third-order valence-electron chi connectivity index (χ3n) is 5.76. The van der Waals surface area contributed by atoms with E-state index >= 15 is 0 Å². The molecule has 7 heteroatoms. The van der Waals surface area contributed by atoms with Gasteiger partial charge >= 0.3 is 0 Å². The quantitative estimate of drug-likeness (QED) is 0.482. The number of ether oxygens (including phenoxy) is 1. The van der Waals surface area contributed by atoms with E-state index in [9.17, 15) is 0 Å². The molecule has 0 bridgehead atoms. The first-order chi connectivity index (χ1) is 15.7. The Balaban J connectivity index is 1.34. The predicted octanol–water partition coefficient (Wildman–Crippen LogP) is 3.73. The molecule has 3 aromatic heterocycles. The summed E-state index contributed by atoms with van der Waals surface area (Å²) in [4.78, 5) is 22.3. The molecule has 162 valence electrons. The van der Waals surface area contributed by atoms with Gasteiger partial charge in [-0.3, -0.25) is 9.88 Å². The lowest BCUT2D eigenvalue weighted by Crippen LogP contribution is -2.38. The van der Waals surface area contributed by atoms with Crippen molar-refractivity contribution >= 4 is 16.7 Å². The molecule has 32 heavy (non-hydrogen) atoms. The van der Waals surface area contributed by atoms with Crippen LogP contribution >= 0.6 is 0 Å². The molecular formula is C25H26N6O. The largest absolute Gasteiger partial charge is 0.369 e. The van der Waals surface area contributed by atoms with Crippen LogP contribution in [0, 0.1) is 0 Å². The number of pyridine rings is 2. The van der Waals surface area contributed by atoms with Crippen LogP contribution in [0.4, 0.5) is 5.82 Å². The lowest BCUT2D eigenvalue weighted by Gasteiger charge is -2.33. The van der Waals surface area contributed by atoms with Gasteiger partial charge in [0.25, 0.3) is 0 Å². The van der Waals surface area contributed by atoms with E-state index < -0.39 is 0 Å². The Labute approximate surface area is 187 Å². The maximum atomic E-state index is 6.07. The smallest absolute Gasteiger partial charge is 0.133 e. The maximum Gasteiger partial charge on any atom is 0.133 e. The lowest BCUT2D eigenvalue weighted by atomic mass is 10.1. The lowest BCUT2D eigenvalue weighted by molar-refractivity contribution is -0.0349. The number of anilines is 1. The van der Waals surface area contributed by atoms with Crippen LogP contribution in [0.15, 0.2) is 67.4 Å². The second kappa shape index (κ2) is 8.98. The maximum absolute atomic E-state index is 6.07. The number of rotatable bonds is 5. The second-order valence-corrected chi connectivity index (χ2v) is 8.25. The predicted molar refractivity (Wildman–Crippen MR) is 125 cm³/mol. The molecule has 1 aliphatic rings. The number of fused-ring (bicyclic) bond motifs is 1. The van der Waals surface area contributed by atoms with Gasteiger partial charge in [0.15, 0.2) is 0 Å². The summed E-state index contributed by atoms with van der Waals surface area (Å²) in [6.45, 7) is 3.18. The van der Waals surface area contributed by atoms with Crippen molar-refractivity contribution in [2.24, 2.45) is 0 Å². The van der Waals surface area contributed by atoms with Crippen molar-refractivity contribution in [3.63, 3.8) is 0 Å². The molecule has 1 fully saturated rings. The molecule has 0 spiro atoms. The van der Waals surface area contributed by atoms with Crippen LogP contribution < -0.4 is 4.90 Å². The number of hydrogen-bond donors (Lipinski definition) is 0. The highest BCUT2D eigenvalue weighted by Crippen LogP contribution is 2.27. The van der Waals surface area contributed by atoms with Gasteiger partial charge in [-0.2, -0.15) is 0 Å². The zero-order valence-electron chi connectivity index (χ0n) is 18.3. The van der Waals surface area contributed by atoms with Gasteiger partial charge in [-0.05, 0) is 18.2 Å². The van der Waals surface area contributed by atoms with E-state index in [2.05, 4.69) is 55.1 Å². The van der Waals surface area contributed by atoms with E-state index in [0.29, 0.717) is 6.61 Å². The number of benzene rings is 1. The zero-order chi connectivity index (χ0) is 21.9. The van der Waals surface area contributed by atoms with E-state index in [1.165, 1.54) is 17.3 Å². The summed E-state index contributed by atoms with van der Waals surface area (Å²) in [7, 11) is 4.10. The van der Waals surface area contributed by atoms with Gasteiger partial charge in [0.2, 0.25) is 0 Å². The normalized spacial score (nSPS) is 16.9. The minimum atomic E-state index is -0.0546. The van der Waals surface area contributed by atoms with Crippen molar-refractivity contribution in [1.29, 1.82) is 0 Å². The fourth-order valence-electron chi connectivity index (χ4n) is 4.13. The minimum absolute atomic E-state index is 0.0546. The van der Waals surface area contributed by atoms with Crippen LogP contribution in [0.25, 0.3) is 22.0 Å². The van der Waals surface area contributed by atoms with Crippen molar-refractivity contribution in [2.75, 3.05) is 38.7 Å². The highest BCUT2D eigenvalue weighted by atomic mass is 16.5. The Hall–Kier alpha value is -3.42. The van der Waals surface area contributed by atoms with Crippen molar-refractivity contribution in [2.45, 2.75) is 12.6 Å². The van der Waals surface area contributed by atoms with Gasteiger partial charge in [-0.1, -0.05) is 24.3 Å². The molecule has 5 rings (SSSR count). The molecule has 4 heterocycles. The summed E-state index contributed by atoms with van der Waals surface area (Å²) in [5.74, 6) is 1.01. The van der Waals surface area contributed by atoms with Crippen molar-refractivity contribution in [3.8, 4) is 11.1 Å². The molecule has 1 aliphatic heterocycles. The zero-order valence-corrected chi connectivity index (χ0v) is 18.3. The first-order valence-electron chi connectivity index (χ1n) is 10.8. The molecule has 1 aromatic carbocycles. The van der Waals surface area contributed by atoms with Crippen molar-refractivity contribution in [3.05, 3.63) is 78.6 Å². The highest BCUT2D eigenvalue weighted by Gasteiger charge is 2.24. The van der Waals surface area contributed by atoms with Gasteiger partial charge in [-0.25, -0.2) is 15.0 Å². The third-order valence-corrected chi connectivity index (χ3v) is 5.76. The Morgan fingerprint density at radius 3 is 2.66 bits per heavy atom. The number of morpholine rings is 1. The molecule has 7 nitrogen and oxygen atoms in total. The van der Waals surface area contributed by atoms with Gasteiger partial charge < -0.3 is 9.64 Å². The molecular weight excluding hydrogens is 400 g/mol. The summed E-state index contributed by atoms with van der Waals surface area (Å²) in [6, 6.07) is 14.6. The average molecular weight is 427 g/mol. The van der Waals surface area contributed by atoms with Crippen LogP contribution in [0.1, 0.15) is 17.4 Å². The Bertz CT molecular complexity index is 1200. The number of nitrogens with zero attached hydrogens (tertiary/aromatic N) is 6. The van der Waals surface area contributed by atoms with Crippen molar-refractivity contribution < 1.29 is 4.74 Å². The molecule has 1 saturated heterocycles. The summed E-state index contributed by atoms with van der Waals surface area (Å²) in [5, 5.41) is 1.17. The summed E-state index contributed by atoms with van der Waals surface area (Å²) in [5.41, 5.74) is 5.15. The summed E-state index contributed by atoms with van der Waals surface area (Å²) in [6.07, 6.45) is 6.93. The Kier molecular flexibility index (Phi) is 5.75. The molecule has 0 N–H and O–H groups in total. The summed E-state index contributed by atoms with van der Waals surface area (Å²) < 4.78 is 6.07. The number of aromatic nitrogens is 4. The van der Waals surface area contributed by atoms with Gasteiger partial charge in [0.05, 0.1) is 17.8 Å². The van der Waals surface area contributed by atoms with E-state index in [1.807, 2.05) is 32.4 Å². The number of hydrogen-bond acceptors (Lipinski definition) is 7. The van der Waals surface area contributed by atoms with Gasteiger partial charge in [0, 0.05) is 74.4 Å². The van der Waals surface area contributed by atoms with E-state index in [-0.39, 0.29) is 6.10 Å². The number of para-hydroxylation sites is 1. The molecule has 0 aliphatic carbocycles. The van der Waals surface area contributed by atoms with Crippen LogP contribution in [-0.4, -0.2) is 58.6 Å². The van der Waals surface area contributed by atoms with Crippen LogP contribution in [0.3, 0.4) is 0 Å². The van der Waals surface area contributed by atoms with Crippen molar-refractivity contribution in [1.82, 2.24) is 24.8 Å². The fraction of sp³-hybridized carbons (Fsp3) is 0.280.